The smallest absolute Gasteiger partial charge is 0.240 e. The van der Waals surface area contributed by atoms with E-state index >= 15 is 0 Å². The third kappa shape index (κ3) is 6.15. The molecule has 0 heterocycles. The number of anilines is 1. The van der Waals surface area contributed by atoms with Crippen LogP contribution in [0.5, 0.6) is 5.75 Å². The lowest BCUT2D eigenvalue weighted by atomic mass is 10.3. The molecular formula is C15H25N3O6S2. The van der Waals surface area contributed by atoms with Crippen molar-refractivity contribution in [2.45, 2.75) is 31.2 Å². The molecule has 0 atom stereocenters. The van der Waals surface area contributed by atoms with E-state index < -0.39 is 20.0 Å². The van der Waals surface area contributed by atoms with Gasteiger partial charge in [0.1, 0.15) is 5.75 Å². The number of nitrogens with zero attached hydrogens (tertiary/aromatic N) is 1. The van der Waals surface area contributed by atoms with Gasteiger partial charge in [-0.2, -0.15) is 0 Å². The first-order valence-corrected chi connectivity index (χ1v) is 11.1. The van der Waals surface area contributed by atoms with E-state index in [4.69, 9.17) is 4.74 Å². The van der Waals surface area contributed by atoms with E-state index in [-0.39, 0.29) is 41.2 Å². The second-order valence-electron chi connectivity index (χ2n) is 5.93. The van der Waals surface area contributed by atoms with E-state index in [2.05, 4.69) is 10.0 Å². The first-order chi connectivity index (χ1) is 11.9. The Labute approximate surface area is 154 Å². The predicted octanol–water partition coefficient (Wildman–Crippen LogP) is 0.284. The number of methoxy groups -OCH3 is 1. The molecule has 0 unspecified atom stereocenters. The van der Waals surface area contributed by atoms with Crippen molar-refractivity contribution in [1.82, 2.24) is 10.0 Å². The van der Waals surface area contributed by atoms with Crippen molar-refractivity contribution in [2.24, 2.45) is 0 Å². The highest BCUT2D eigenvalue weighted by Gasteiger charge is 2.21. The van der Waals surface area contributed by atoms with Crippen molar-refractivity contribution in [3.05, 3.63) is 18.2 Å². The maximum Gasteiger partial charge on any atom is 0.240 e. The summed E-state index contributed by atoms with van der Waals surface area (Å²) in [7, 11) is -4.87. The molecule has 0 spiro atoms. The highest BCUT2D eigenvalue weighted by Crippen LogP contribution is 2.31. The van der Waals surface area contributed by atoms with Gasteiger partial charge in [0.15, 0.2) is 0 Å². The summed E-state index contributed by atoms with van der Waals surface area (Å²) < 4.78 is 56.7. The Morgan fingerprint density at radius 2 is 1.85 bits per heavy atom. The fourth-order valence-electron chi connectivity index (χ4n) is 2.04. The number of carbonyl (C=O) groups excluding carboxylic acids is 1. The lowest BCUT2D eigenvalue weighted by Gasteiger charge is -2.20. The van der Waals surface area contributed by atoms with Crippen LogP contribution in [0.15, 0.2) is 23.1 Å². The zero-order chi connectivity index (χ0) is 20.1. The maximum absolute atomic E-state index is 12.4. The van der Waals surface area contributed by atoms with Crippen molar-refractivity contribution in [1.29, 1.82) is 0 Å². The summed E-state index contributed by atoms with van der Waals surface area (Å²) in [6.07, 6.45) is 0.989. The molecule has 0 aliphatic rings. The molecule has 0 bridgehead atoms. The van der Waals surface area contributed by atoms with Crippen molar-refractivity contribution in [3.8, 4) is 5.75 Å². The molecule has 148 valence electrons. The molecule has 2 N–H and O–H groups in total. The van der Waals surface area contributed by atoms with Crippen LogP contribution in [0.25, 0.3) is 0 Å². The molecule has 0 aliphatic carbocycles. The normalized spacial score (nSPS) is 12.1. The molecule has 1 aromatic carbocycles. The van der Waals surface area contributed by atoms with Crippen molar-refractivity contribution in [3.63, 3.8) is 0 Å². The number of hydrogen-bond donors (Lipinski definition) is 2. The van der Waals surface area contributed by atoms with Gasteiger partial charge in [0.25, 0.3) is 0 Å². The van der Waals surface area contributed by atoms with E-state index in [9.17, 15) is 21.6 Å². The largest absolute Gasteiger partial charge is 0.495 e. The van der Waals surface area contributed by atoms with Crippen LogP contribution in [0.3, 0.4) is 0 Å². The Kier molecular flexibility index (Phi) is 7.42. The van der Waals surface area contributed by atoms with Crippen LogP contribution >= 0.6 is 0 Å². The number of nitrogens with one attached hydrogen (secondary N) is 2. The second-order valence-corrected chi connectivity index (χ2v) is 9.71. The highest BCUT2D eigenvalue weighted by atomic mass is 32.2. The first kappa shape index (κ1) is 22.2. The molecule has 11 heteroatoms. The number of carbonyl (C=O) groups is 1. The SMILES string of the molecule is COc1ccc(S(=O)(=O)NCCC(=O)NC(C)C)cc1N(C)S(C)(=O)=O. The van der Waals surface area contributed by atoms with Crippen LogP contribution in [-0.4, -0.2) is 55.7 Å². The summed E-state index contributed by atoms with van der Waals surface area (Å²) in [6.45, 7) is 3.53. The summed E-state index contributed by atoms with van der Waals surface area (Å²) in [5, 5.41) is 2.66. The minimum atomic E-state index is -3.92. The minimum Gasteiger partial charge on any atom is -0.495 e. The molecule has 0 fully saturated rings. The molecule has 0 saturated heterocycles. The molecule has 0 radical (unpaired) electrons. The van der Waals surface area contributed by atoms with Crippen molar-refractivity contribution < 1.29 is 26.4 Å². The Balaban J connectivity index is 3.01. The number of sulfonamides is 2. The first-order valence-electron chi connectivity index (χ1n) is 7.79. The van der Waals surface area contributed by atoms with Gasteiger partial charge in [-0.05, 0) is 32.0 Å². The van der Waals surface area contributed by atoms with E-state index in [1.54, 1.807) is 13.8 Å². The molecule has 0 aliphatic heterocycles. The molecule has 0 saturated carbocycles. The van der Waals surface area contributed by atoms with Crippen LogP contribution in [0, 0.1) is 0 Å². The summed E-state index contributed by atoms with van der Waals surface area (Å²) in [4.78, 5) is 11.4. The fourth-order valence-corrected chi connectivity index (χ4v) is 3.59. The Morgan fingerprint density at radius 1 is 1.23 bits per heavy atom. The predicted molar refractivity (Wildman–Crippen MR) is 99.3 cm³/mol. The van der Waals surface area contributed by atoms with Crippen LogP contribution in [0.2, 0.25) is 0 Å². The van der Waals surface area contributed by atoms with Crippen LogP contribution in [0.1, 0.15) is 20.3 Å². The third-order valence-corrected chi connectivity index (χ3v) is 6.04. The molecule has 26 heavy (non-hydrogen) atoms. The average molecular weight is 408 g/mol. The monoisotopic (exact) mass is 407 g/mol. The summed E-state index contributed by atoms with van der Waals surface area (Å²) in [5.74, 6) is -0.0527. The minimum absolute atomic E-state index is 0.0103. The van der Waals surface area contributed by atoms with Crippen LogP contribution in [-0.2, 0) is 24.8 Å². The summed E-state index contributed by atoms with van der Waals surface area (Å²) in [5.41, 5.74) is 0.0930. The molecular weight excluding hydrogens is 382 g/mol. The lowest BCUT2D eigenvalue weighted by Crippen LogP contribution is -2.34. The number of rotatable bonds is 9. The van der Waals surface area contributed by atoms with Crippen LogP contribution in [0.4, 0.5) is 5.69 Å². The topological polar surface area (TPSA) is 122 Å². The standard InChI is InChI=1S/C15H25N3O6S2/c1-11(2)17-15(19)8-9-16-26(22,23)12-6-7-14(24-4)13(10-12)18(3)25(5,20)21/h6-7,10-11,16H,8-9H2,1-5H3,(H,17,19). The average Bonchev–Trinajstić information content (AvgIpc) is 2.51. The van der Waals surface area contributed by atoms with Gasteiger partial charge < -0.3 is 10.1 Å². The lowest BCUT2D eigenvalue weighted by molar-refractivity contribution is -0.121. The fraction of sp³-hybridized carbons (Fsp3) is 0.533. The van der Waals surface area contributed by atoms with Gasteiger partial charge in [0.2, 0.25) is 26.0 Å². The second kappa shape index (κ2) is 8.69. The summed E-state index contributed by atoms with van der Waals surface area (Å²) in [6, 6.07) is 3.84. The number of benzene rings is 1. The van der Waals surface area contributed by atoms with E-state index in [0.29, 0.717) is 0 Å². The maximum atomic E-state index is 12.4. The number of amides is 1. The van der Waals surface area contributed by atoms with E-state index in [0.717, 1.165) is 10.6 Å². The summed E-state index contributed by atoms with van der Waals surface area (Å²) >= 11 is 0. The van der Waals surface area contributed by atoms with E-state index in [1.807, 2.05) is 0 Å². The van der Waals surface area contributed by atoms with Gasteiger partial charge >= 0.3 is 0 Å². The third-order valence-electron chi connectivity index (χ3n) is 3.39. The molecule has 1 rings (SSSR count). The molecule has 1 amide bonds. The zero-order valence-corrected chi connectivity index (χ0v) is 17.1. The Bertz CT molecular complexity index is 850. The van der Waals surface area contributed by atoms with Crippen molar-refractivity contribution >= 4 is 31.6 Å². The molecule has 0 aromatic heterocycles. The Morgan fingerprint density at radius 3 is 2.35 bits per heavy atom. The van der Waals surface area contributed by atoms with Gasteiger partial charge in [-0.1, -0.05) is 0 Å². The van der Waals surface area contributed by atoms with Crippen molar-refractivity contribution in [2.75, 3.05) is 31.3 Å². The zero-order valence-electron chi connectivity index (χ0n) is 15.4. The van der Waals surface area contributed by atoms with Gasteiger partial charge in [-0.3, -0.25) is 9.10 Å². The number of ether oxygens (including phenoxy) is 1. The molecule has 1 aromatic rings. The van der Waals surface area contributed by atoms with Gasteiger partial charge in [0.05, 0.1) is 23.9 Å². The Hall–Kier alpha value is -1.85. The van der Waals surface area contributed by atoms with E-state index in [1.165, 1.54) is 32.4 Å². The quantitative estimate of drug-likeness (QED) is 0.606. The number of hydrogen-bond acceptors (Lipinski definition) is 6. The van der Waals surface area contributed by atoms with Gasteiger partial charge in [-0.25, -0.2) is 21.6 Å². The highest BCUT2D eigenvalue weighted by molar-refractivity contribution is 7.92. The van der Waals surface area contributed by atoms with Crippen LogP contribution < -0.4 is 19.1 Å². The molecule has 9 nitrogen and oxygen atoms in total. The van der Waals surface area contributed by atoms with Gasteiger partial charge in [0, 0.05) is 26.1 Å². The van der Waals surface area contributed by atoms with Gasteiger partial charge in [-0.15, -0.1) is 0 Å².